The molecule has 0 saturated heterocycles. The molecule has 1 amide bonds. The second-order valence-electron chi connectivity index (χ2n) is 5.06. The van der Waals surface area contributed by atoms with Crippen molar-refractivity contribution in [3.63, 3.8) is 0 Å². The van der Waals surface area contributed by atoms with Crippen LogP contribution < -0.4 is 9.99 Å². The van der Waals surface area contributed by atoms with E-state index in [4.69, 9.17) is 0 Å². The number of phenolic OH excluding ortho intramolecular Hbond substituents is 1. The number of benzene rings is 2. The van der Waals surface area contributed by atoms with Crippen LogP contribution in [0.5, 0.6) is 5.75 Å². The molecule has 0 aliphatic carbocycles. The van der Waals surface area contributed by atoms with Crippen molar-refractivity contribution >= 4 is 22.9 Å². The zero-order valence-corrected chi connectivity index (χ0v) is 12.4. The Kier molecular flexibility index (Phi) is 4.29. The Labute approximate surface area is 133 Å². The number of amides is 1. The van der Waals surface area contributed by atoms with Crippen molar-refractivity contribution in [2.24, 2.45) is 5.10 Å². The normalized spacial score (nSPS) is 11.0. The maximum atomic E-state index is 11.8. The summed E-state index contributed by atoms with van der Waals surface area (Å²) in [6.45, 7) is 0.180. The van der Waals surface area contributed by atoms with Gasteiger partial charge in [-0.05, 0) is 16.8 Å². The monoisotopic (exact) mass is 306 g/mol. The Morgan fingerprint density at radius 1 is 1.09 bits per heavy atom. The third kappa shape index (κ3) is 3.52. The number of nitrogens with zero attached hydrogens (tertiary/aromatic N) is 2. The van der Waals surface area contributed by atoms with E-state index in [9.17, 15) is 9.90 Å². The van der Waals surface area contributed by atoms with E-state index in [1.807, 2.05) is 48.5 Å². The highest BCUT2D eigenvalue weighted by Gasteiger charge is 2.08. The van der Waals surface area contributed by atoms with Crippen LogP contribution in [0.25, 0.3) is 10.8 Å². The van der Waals surface area contributed by atoms with E-state index >= 15 is 0 Å². The molecule has 23 heavy (non-hydrogen) atoms. The van der Waals surface area contributed by atoms with Gasteiger partial charge in [-0.2, -0.15) is 9.67 Å². The van der Waals surface area contributed by atoms with Crippen molar-refractivity contribution < 1.29 is 14.5 Å². The van der Waals surface area contributed by atoms with Crippen molar-refractivity contribution in [2.75, 3.05) is 0 Å². The van der Waals surface area contributed by atoms with Crippen LogP contribution in [0.3, 0.4) is 0 Å². The Hall–Kier alpha value is -3.21. The number of carbonyl (C=O) groups is 1. The summed E-state index contributed by atoms with van der Waals surface area (Å²) in [5, 5.41) is 15.8. The van der Waals surface area contributed by atoms with Gasteiger partial charge < -0.3 is 5.11 Å². The van der Waals surface area contributed by atoms with E-state index in [0.29, 0.717) is 5.56 Å². The highest BCUT2D eigenvalue weighted by Crippen LogP contribution is 2.25. The van der Waals surface area contributed by atoms with Gasteiger partial charge in [0, 0.05) is 17.7 Å². The molecule has 5 nitrogen and oxygen atoms in total. The number of nitrogens with one attached hydrogen (secondary N) is 1. The van der Waals surface area contributed by atoms with Gasteiger partial charge in [0.15, 0.2) is 12.4 Å². The maximum absolute atomic E-state index is 11.8. The minimum Gasteiger partial charge on any atom is -0.507 e. The average molecular weight is 306 g/mol. The fraction of sp³-hybridized carbons (Fsp3) is 0.0556. The van der Waals surface area contributed by atoms with Gasteiger partial charge in [0.25, 0.3) is 0 Å². The molecule has 0 radical (unpaired) electrons. The number of carbonyl (C=O) groups excluding carboxylic acids is 1. The van der Waals surface area contributed by atoms with Crippen molar-refractivity contribution in [2.45, 2.75) is 6.54 Å². The first-order valence-electron chi connectivity index (χ1n) is 7.21. The quantitative estimate of drug-likeness (QED) is 0.440. The summed E-state index contributed by atoms with van der Waals surface area (Å²) in [6, 6.07) is 16.7. The van der Waals surface area contributed by atoms with Gasteiger partial charge >= 0.3 is 5.91 Å². The lowest BCUT2D eigenvalue weighted by molar-refractivity contribution is -0.684. The molecule has 114 valence electrons. The highest BCUT2D eigenvalue weighted by molar-refractivity contribution is 6.02. The van der Waals surface area contributed by atoms with Gasteiger partial charge in [0.05, 0.1) is 6.21 Å². The lowest BCUT2D eigenvalue weighted by atomic mass is 10.0. The van der Waals surface area contributed by atoms with Gasteiger partial charge in [-0.1, -0.05) is 36.4 Å². The predicted octanol–water partition coefficient (Wildman–Crippen LogP) is 1.98. The lowest BCUT2D eigenvalue weighted by Gasteiger charge is -2.04. The molecule has 0 aliphatic rings. The smallest absolute Gasteiger partial charge is 0.305 e. The molecule has 5 heteroatoms. The van der Waals surface area contributed by atoms with Crippen molar-refractivity contribution in [1.29, 1.82) is 0 Å². The second-order valence-corrected chi connectivity index (χ2v) is 5.06. The summed E-state index contributed by atoms with van der Waals surface area (Å²) in [6.07, 6.45) is 5.07. The number of fused-ring (bicyclic) bond motifs is 1. The average Bonchev–Trinajstić information content (AvgIpc) is 2.58. The van der Waals surface area contributed by atoms with Crippen LogP contribution in [0.15, 0.2) is 72.1 Å². The summed E-state index contributed by atoms with van der Waals surface area (Å²) in [5.74, 6) is -0.115. The van der Waals surface area contributed by atoms with E-state index in [0.717, 1.165) is 10.8 Å². The molecule has 0 unspecified atom stereocenters. The van der Waals surface area contributed by atoms with E-state index < -0.39 is 0 Å². The minimum atomic E-state index is -0.239. The summed E-state index contributed by atoms with van der Waals surface area (Å²) in [5.41, 5.74) is 3.05. The number of hydrazone groups is 1. The van der Waals surface area contributed by atoms with Gasteiger partial charge in [0.1, 0.15) is 5.75 Å². The maximum Gasteiger partial charge on any atom is 0.305 e. The van der Waals surface area contributed by atoms with Crippen LogP contribution in [-0.4, -0.2) is 17.2 Å². The van der Waals surface area contributed by atoms with Gasteiger partial charge in [0.2, 0.25) is 6.54 Å². The van der Waals surface area contributed by atoms with E-state index in [2.05, 4.69) is 10.5 Å². The van der Waals surface area contributed by atoms with E-state index in [1.54, 1.807) is 23.0 Å². The highest BCUT2D eigenvalue weighted by atomic mass is 16.3. The summed E-state index contributed by atoms with van der Waals surface area (Å²) >= 11 is 0. The number of aromatic hydroxyl groups is 1. The Morgan fingerprint density at radius 3 is 2.70 bits per heavy atom. The third-order valence-corrected chi connectivity index (χ3v) is 3.43. The molecule has 0 aliphatic heterocycles. The van der Waals surface area contributed by atoms with E-state index in [1.165, 1.54) is 6.21 Å². The van der Waals surface area contributed by atoms with Crippen LogP contribution in [0.1, 0.15) is 5.56 Å². The van der Waals surface area contributed by atoms with Gasteiger partial charge in [-0.25, -0.2) is 5.43 Å². The predicted molar refractivity (Wildman–Crippen MR) is 88.0 cm³/mol. The van der Waals surface area contributed by atoms with Crippen LogP contribution in [0.4, 0.5) is 0 Å². The molecule has 3 aromatic rings. The molecule has 0 bridgehead atoms. The molecule has 2 N–H and O–H groups in total. The number of pyridine rings is 1. The Bertz CT molecular complexity index is 861. The largest absolute Gasteiger partial charge is 0.507 e. The van der Waals surface area contributed by atoms with Gasteiger partial charge in [-0.3, -0.25) is 4.79 Å². The van der Waals surface area contributed by atoms with Crippen LogP contribution in [0.2, 0.25) is 0 Å². The third-order valence-electron chi connectivity index (χ3n) is 3.43. The zero-order valence-electron chi connectivity index (χ0n) is 12.4. The number of phenols is 1. The van der Waals surface area contributed by atoms with Crippen LogP contribution in [0, 0.1) is 0 Å². The molecule has 0 saturated carbocycles. The summed E-state index contributed by atoms with van der Waals surface area (Å²) in [7, 11) is 0. The topological polar surface area (TPSA) is 65.6 Å². The molecular weight excluding hydrogens is 290 g/mol. The molecule has 0 atom stereocenters. The molecule has 3 rings (SSSR count). The first kappa shape index (κ1) is 14.7. The van der Waals surface area contributed by atoms with E-state index in [-0.39, 0.29) is 18.2 Å². The minimum absolute atomic E-state index is 0.124. The number of hydrogen-bond donors (Lipinski definition) is 2. The Morgan fingerprint density at radius 2 is 1.87 bits per heavy atom. The molecule has 1 heterocycles. The standard InChI is InChI=1S/C18H15N3O2/c22-17-9-8-14-6-2-3-7-15(14)16(17)12-19-20-18(23)13-21-10-4-1-5-11-21/h1-12H,13H2,(H-,19,20,22,23)/p+1. The Balaban J connectivity index is 1.73. The number of hydrogen-bond acceptors (Lipinski definition) is 3. The van der Waals surface area contributed by atoms with Gasteiger partial charge in [-0.15, -0.1) is 0 Å². The van der Waals surface area contributed by atoms with Crippen molar-refractivity contribution in [3.05, 3.63) is 72.6 Å². The molecule has 0 spiro atoms. The molecule has 1 aromatic heterocycles. The van der Waals surface area contributed by atoms with Crippen LogP contribution in [-0.2, 0) is 11.3 Å². The van der Waals surface area contributed by atoms with Crippen molar-refractivity contribution in [1.82, 2.24) is 5.43 Å². The molecular formula is C18H16N3O2+. The van der Waals surface area contributed by atoms with Crippen molar-refractivity contribution in [3.8, 4) is 5.75 Å². The van der Waals surface area contributed by atoms with Crippen LogP contribution >= 0.6 is 0 Å². The molecule has 0 fully saturated rings. The second kappa shape index (κ2) is 6.70. The fourth-order valence-electron chi connectivity index (χ4n) is 2.33. The SMILES string of the molecule is O=C(C[n+]1ccccc1)N/N=C/c1c(O)ccc2ccccc12. The number of rotatable bonds is 4. The summed E-state index contributed by atoms with van der Waals surface area (Å²) in [4.78, 5) is 11.8. The first-order valence-corrected chi connectivity index (χ1v) is 7.21. The number of aromatic nitrogens is 1. The fourth-order valence-corrected chi connectivity index (χ4v) is 2.33. The zero-order chi connectivity index (χ0) is 16.1. The first-order chi connectivity index (χ1) is 11.2. The summed E-state index contributed by atoms with van der Waals surface area (Å²) < 4.78 is 1.75. The lowest BCUT2D eigenvalue weighted by Crippen LogP contribution is -2.40. The molecule has 2 aromatic carbocycles.